The average molecular weight is 336 g/mol. The minimum atomic E-state index is -0.445. The number of hydrogen-bond acceptors (Lipinski definition) is 4. The largest absolute Gasteiger partial charge is 0.460 e. The highest BCUT2D eigenvalue weighted by molar-refractivity contribution is 9.09. The summed E-state index contributed by atoms with van der Waals surface area (Å²) in [6.45, 7) is 3.80. The van der Waals surface area contributed by atoms with Gasteiger partial charge in [-0.05, 0) is 6.42 Å². The van der Waals surface area contributed by atoms with Gasteiger partial charge in [-0.1, -0.05) is 42.1 Å². The van der Waals surface area contributed by atoms with Gasteiger partial charge in [0.25, 0.3) is 0 Å². The number of alkyl carbamates (subject to hydrolysis) is 1. The Hall–Kier alpha value is -0.780. The highest BCUT2D eigenvalue weighted by atomic mass is 79.9. The van der Waals surface area contributed by atoms with Gasteiger partial charge in [0.15, 0.2) is 0 Å². The van der Waals surface area contributed by atoms with Crippen LogP contribution in [0.2, 0.25) is 0 Å². The predicted molar refractivity (Wildman–Crippen MR) is 75.3 cm³/mol. The van der Waals surface area contributed by atoms with E-state index in [9.17, 15) is 9.59 Å². The van der Waals surface area contributed by atoms with Crippen molar-refractivity contribution in [2.45, 2.75) is 62.9 Å². The van der Waals surface area contributed by atoms with Crippen molar-refractivity contribution in [2.75, 3.05) is 6.61 Å². The molecule has 1 aliphatic heterocycles. The van der Waals surface area contributed by atoms with E-state index in [1.807, 2.05) is 0 Å². The van der Waals surface area contributed by atoms with Crippen LogP contribution < -0.4 is 5.32 Å². The molecule has 5 nitrogen and oxygen atoms in total. The Balaban J connectivity index is 2.63. The molecule has 0 aromatic carbocycles. The van der Waals surface area contributed by atoms with Crippen LogP contribution in [-0.2, 0) is 14.3 Å². The summed E-state index contributed by atoms with van der Waals surface area (Å²) in [4.78, 5) is 22.7. The van der Waals surface area contributed by atoms with Crippen molar-refractivity contribution in [3.63, 3.8) is 0 Å². The third-order valence-electron chi connectivity index (χ3n) is 3.11. The summed E-state index contributed by atoms with van der Waals surface area (Å²) in [7, 11) is 0. The van der Waals surface area contributed by atoms with Gasteiger partial charge in [0.2, 0.25) is 0 Å². The number of rotatable bonds is 6. The van der Waals surface area contributed by atoms with Crippen LogP contribution in [0, 0.1) is 0 Å². The van der Waals surface area contributed by atoms with Crippen LogP contribution in [-0.4, -0.2) is 35.6 Å². The Labute approximate surface area is 122 Å². The molecule has 6 heteroatoms. The molecule has 1 rings (SSSR count). The van der Waals surface area contributed by atoms with Crippen molar-refractivity contribution in [3.05, 3.63) is 0 Å². The Bertz CT molecular complexity index is 311. The van der Waals surface area contributed by atoms with E-state index >= 15 is 0 Å². The molecule has 0 radical (unpaired) electrons. The maximum absolute atomic E-state index is 11.5. The summed E-state index contributed by atoms with van der Waals surface area (Å²) < 4.78 is 10.3. The normalized spacial score (nSPS) is 24.9. The number of esters is 1. The molecule has 1 fully saturated rings. The van der Waals surface area contributed by atoms with E-state index in [-0.39, 0.29) is 29.5 Å². The van der Waals surface area contributed by atoms with Gasteiger partial charge >= 0.3 is 12.1 Å². The number of cyclic esters (lactones) is 1. The maximum Gasteiger partial charge on any atom is 0.407 e. The number of alkyl halides is 1. The molecule has 1 amide bonds. The lowest BCUT2D eigenvalue weighted by molar-refractivity contribution is -0.148. The highest BCUT2D eigenvalue weighted by Gasteiger charge is 2.34. The molecule has 3 atom stereocenters. The molecule has 19 heavy (non-hydrogen) atoms. The van der Waals surface area contributed by atoms with Crippen LogP contribution in [0.25, 0.3) is 0 Å². The zero-order valence-corrected chi connectivity index (χ0v) is 13.1. The minimum absolute atomic E-state index is 0.0778. The number of hydrogen-bond donors (Lipinski definition) is 1. The number of ether oxygens (including phenoxy) is 2. The highest BCUT2D eigenvalue weighted by Crippen LogP contribution is 2.22. The number of halogens is 1. The molecule has 1 heterocycles. The third-order valence-corrected chi connectivity index (χ3v) is 4.14. The second-order valence-electron chi connectivity index (χ2n) is 4.75. The zero-order chi connectivity index (χ0) is 14.3. The van der Waals surface area contributed by atoms with E-state index in [4.69, 9.17) is 9.47 Å². The summed E-state index contributed by atoms with van der Waals surface area (Å²) >= 11 is 3.60. The molecular weight excluding hydrogens is 314 g/mol. The summed E-state index contributed by atoms with van der Waals surface area (Å²) in [5, 5.41) is 2.78. The van der Waals surface area contributed by atoms with Gasteiger partial charge in [0.05, 0.1) is 12.6 Å². The van der Waals surface area contributed by atoms with Crippen LogP contribution in [0.5, 0.6) is 0 Å². The van der Waals surface area contributed by atoms with Crippen molar-refractivity contribution in [1.82, 2.24) is 5.32 Å². The molecule has 0 aromatic rings. The molecule has 0 spiro atoms. The van der Waals surface area contributed by atoms with E-state index in [1.165, 1.54) is 6.92 Å². The summed E-state index contributed by atoms with van der Waals surface area (Å²) in [5.41, 5.74) is 0. The van der Waals surface area contributed by atoms with Gasteiger partial charge in [-0.15, -0.1) is 0 Å². The van der Waals surface area contributed by atoms with Gasteiger partial charge < -0.3 is 14.8 Å². The van der Waals surface area contributed by atoms with Crippen molar-refractivity contribution in [2.24, 2.45) is 0 Å². The molecule has 1 N–H and O–H groups in total. The van der Waals surface area contributed by atoms with E-state index < -0.39 is 6.09 Å². The van der Waals surface area contributed by atoms with Crippen LogP contribution >= 0.6 is 15.9 Å². The fourth-order valence-electron chi connectivity index (χ4n) is 2.16. The van der Waals surface area contributed by atoms with Gasteiger partial charge in [-0.2, -0.15) is 0 Å². The molecule has 0 bridgehead atoms. The van der Waals surface area contributed by atoms with Gasteiger partial charge in [-0.3, -0.25) is 4.79 Å². The fourth-order valence-corrected chi connectivity index (χ4v) is 2.95. The fraction of sp³-hybridized carbons (Fsp3) is 0.846. The first-order valence-electron chi connectivity index (χ1n) is 6.79. The molecule has 0 aliphatic carbocycles. The van der Waals surface area contributed by atoms with Crippen molar-refractivity contribution < 1.29 is 19.1 Å². The Morgan fingerprint density at radius 3 is 2.95 bits per heavy atom. The van der Waals surface area contributed by atoms with Crippen LogP contribution in [0.15, 0.2) is 0 Å². The maximum atomic E-state index is 11.5. The monoisotopic (exact) mass is 335 g/mol. The molecular formula is C13H22BrNO4. The second kappa shape index (κ2) is 8.40. The Morgan fingerprint density at radius 1 is 1.58 bits per heavy atom. The van der Waals surface area contributed by atoms with Crippen molar-refractivity contribution in [1.29, 1.82) is 0 Å². The summed E-state index contributed by atoms with van der Waals surface area (Å²) in [6, 6.07) is -0.240. The molecule has 0 saturated carbocycles. The Kier molecular flexibility index (Phi) is 7.20. The first kappa shape index (κ1) is 16.3. The SMILES string of the molecule is CCCCC[C@H](Br)C1NC(=O)OCC[C@@H]1OC(C)=O. The lowest BCUT2D eigenvalue weighted by Crippen LogP contribution is -2.48. The molecule has 110 valence electrons. The number of amides is 1. The van der Waals surface area contributed by atoms with Crippen molar-refractivity contribution in [3.8, 4) is 0 Å². The molecule has 1 aliphatic rings. The van der Waals surface area contributed by atoms with Crippen LogP contribution in [0.3, 0.4) is 0 Å². The zero-order valence-electron chi connectivity index (χ0n) is 11.5. The number of carbonyl (C=O) groups is 2. The predicted octanol–water partition coefficient (Wildman–Crippen LogP) is 2.76. The van der Waals surface area contributed by atoms with Gasteiger partial charge in [-0.25, -0.2) is 4.79 Å². The van der Waals surface area contributed by atoms with Crippen molar-refractivity contribution >= 4 is 28.0 Å². The summed E-state index contributed by atoms with van der Waals surface area (Å²) in [5.74, 6) is -0.334. The lowest BCUT2D eigenvalue weighted by Gasteiger charge is -2.28. The lowest BCUT2D eigenvalue weighted by atomic mass is 10.0. The molecule has 1 unspecified atom stereocenters. The quantitative estimate of drug-likeness (QED) is 0.460. The third kappa shape index (κ3) is 5.80. The van der Waals surface area contributed by atoms with Crippen LogP contribution in [0.4, 0.5) is 4.79 Å². The minimum Gasteiger partial charge on any atom is -0.460 e. The second-order valence-corrected chi connectivity index (χ2v) is 5.93. The summed E-state index contributed by atoms with van der Waals surface area (Å²) in [6.07, 6.45) is 4.04. The standard InChI is InChI=1S/C13H22BrNO4/c1-3-4-5-6-10(14)12-11(19-9(2)16)7-8-18-13(17)15-12/h10-12H,3-8H2,1-2H3,(H,15,17)/t10-,11-,12?/m0/s1. The van der Waals surface area contributed by atoms with Gasteiger partial charge in [0, 0.05) is 18.2 Å². The van der Waals surface area contributed by atoms with E-state index in [0.717, 1.165) is 25.7 Å². The number of unbranched alkanes of at least 4 members (excludes halogenated alkanes) is 2. The first-order valence-corrected chi connectivity index (χ1v) is 7.70. The van der Waals surface area contributed by atoms with E-state index in [1.54, 1.807) is 0 Å². The van der Waals surface area contributed by atoms with E-state index in [0.29, 0.717) is 6.42 Å². The smallest absolute Gasteiger partial charge is 0.407 e. The Morgan fingerprint density at radius 2 is 2.32 bits per heavy atom. The molecule has 1 saturated heterocycles. The van der Waals surface area contributed by atoms with Crippen LogP contribution in [0.1, 0.15) is 46.0 Å². The average Bonchev–Trinajstić information content (AvgIpc) is 2.51. The number of nitrogens with one attached hydrogen (secondary N) is 1. The molecule has 0 aromatic heterocycles. The van der Waals surface area contributed by atoms with Gasteiger partial charge in [0.1, 0.15) is 6.10 Å². The topological polar surface area (TPSA) is 64.6 Å². The van der Waals surface area contributed by atoms with E-state index in [2.05, 4.69) is 28.2 Å². The number of carbonyl (C=O) groups excluding carboxylic acids is 2. The first-order chi connectivity index (χ1) is 9.04.